The lowest BCUT2D eigenvalue weighted by atomic mass is 9.86. The topological polar surface area (TPSA) is 134 Å². The molecule has 0 saturated heterocycles. The quantitative estimate of drug-likeness (QED) is 0.105. The molecule has 3 rings (SSSR count). The average molecular weight is 680 g/mol. The van der Waals surface area contributed by atoms with Gasteiger partial charge in [0.15, 0.2) is 17.4 Å². The highest BCUT2D eigenvalue weighted by atomic mass is 19.2. The van der Waals surface area contributed by atoms with Crippen molar-refractivity contribution in [2.75, 3.05) is 31.6 Å². The first-order valence-corrected chi connectivity index (χ1v) is 15.4. The molecule has 0 spiro atoms. The summed E-state index contributed by atoms with van der Waals surface area (Å²) in [5, 5.41) is 16.0. The van der Waals surface area contributed by atoms with Crippen molar-refractivity contribution < 1.29 is 51.3 Å². The molecule has 14 heteroatoms. The molecule has 10 nitrogen and oxygen atoms in total. The van der Waals surface area contributed by atoms with E-state index in [2.05, 4.69) is 10.6 Å². The molecular weight excluding hydrogens is 638 g/mol. The Hall–Kier alpha value is -4.46. The van der Waals surface area contributed by atoms with Gasteiger partial charge >= 0.3 is 17.8 Å². The van der Waals surface area contributed by atoms with Gasteiger partial charge in [0, 0.05) is 24.8 Å². The van der Waals surface area contributed by atoms with Crippen LogP contribution in [-0.4, -0.2) is 72.1 Å². The maximum absolute atomic E-state index is 14.1. The van der Waals surface area contributed by atoms with Gasteiger partial charge in [-0.05, 0) is 29.4 Å². The number of nitrogens with zero attached hydrogens (tertiary/aromatic N) is 1. The van der Waals surface area contributed by atoms with Crippen LogP contribution in [0.5, 0.6) is 5.75 Å². The van der Waals surface area contributed by atoms with Gasteiger partial charge < -0.3 is 30.1 Å². The first-order chi connectivity index (χ1) is 22.5. The van der Waals surface area contributed by atoms with Gasteiger partial charge in [-0.1, -0.05) is 65.0 Å². The van der Waals surface area contributed by atoms with E-state index >= 15 is 0 Å². The van der Waals surface area contributed by atoms with Crippen molar-refractivity contribution in [3.05, 3.63) is 71.3 Å². The molecule has 1 aliphatic rings. The van der Waals surface area contributed by atoms with Crippen molar-refractivity contribution in [3.63, 3.8) is 0 Å². The number of nitrogens with one attached hydrogen (secondary N) is 2. The van der Waals surface area contributed by atoms with E-state index in [4.69, 9.17) is 9.47 Å². The van der Waals surface area contributed by atoms with Crippen molar-refractivity contribution >= 4 is 29.4 Å². The lowest BCUT2D eigenvalue weighted by molar-refractivity contribution is -0.146. The average Bonchev–Trinajstić information content (AvgIpc) is 3.28. The number of amides is 3. The predicted octanol–water partition coefficient (Wildman–Crippen LogP) is 4.40. The van der Waals surface area contributed by atoms with Crippen LogP contribution in [0.2, 0.25) is 0 Å². The molecule has 1 aliphatic heterocycles. The molecule has 2 aromatic carbocycles. The molecule has 0 radical (unpaired) electrons. The summed E-state index contributed by atoms with van der Waals surface area (Å²) < 4.78 is 65.6. The summed E-state index contributed by atoms with van der Waals surface area (Å²) in [5.41, 5.74) is 0.949. The number of carbonyl (C=O) groups excluding carboxylic acids is 4. The van der Waals surface area contributed by atoms with Gasteiger partial charge in [0.1, 0.15) is 12.7 Å². The maximum Gasteiger partial charge on any atom is 0.313 e. The summed E-state index contributed by atoms with van der Waals surface area (Å²) in [4.78, 5) is 53.4. The molecule has 0 saturated carbocycles. The summed E-state index contributed by atoms with van der Waals surface area (Å²) in [6.45, 7) is 8.31. The number of benzene rings is 2. The van der Waals surface area contributed by atoms with E-state index in [0.29, 0.717) is 5.69 Å². The molecule has 3 atom stereocenters. The third kappa shape index (κ3) is 10.3. The minimum atomic E-state index is -1.83. The van der Waals surface area contributed by atoms with Crippen LogP contribution in [0.1, 0.15) is 53.0 Å². The maximum atomic E-state index is 14.1. The number of hydrogen-bond acceptors (Lipinski definition) is 7. The van der Waals surface area contributed by atoms with Gasteiger partial charge in [0.2, 0.25) is 17.5 Å². The van der Waals surface area contributed by atoms with Crippen LogP contribution in [0.3, 0.4) is 0 Å². The normalized spacial score (nSPS) is 16.1. The Balaban J connectivity index is 1.75. The van der Waals surface area contributed by atoms with Gasteiger partial charge in [0.05, 0.1) is 25.0 Å². The molecule has 0 aromatic heterocycles. The van der Waals surface area contributed by atoms with E-state index in [-0.39, 0.29) is 43.5 Å². The van der Waals surface area contributed by atoms with Crippen LogP contribution in [-0.2, 0) is 29.3 Å². The Morgan fingerprint density at radius 1 is 1.00 bits per heavy atom. The van der Waals surface area contributed by atoms with Crippen LogP contribution in [0.25, 0.3) is 0 Å². The number of carbonyl (C=O) groups is 4. The molecule has 3 N–H and O–H groups in total. The molecule has 3 amide bonds. The van der Waals surface area contributed by atoms with E-state index in [1.165, 1.54) is 4.90 Å². The Kier molecular flexibility index (Phi) is 13.1. The van der Waals surface area contributed by atoms with Crippen molar-refractivity contribution in [1.29, 1.82) is 0 Å². The highest BCUT2D eigenvalue weighted by molar-refractivity contribution is 6.39. The van der Waals surface area contributed by atoms with Gasteiger partial charge in [-0.15, -0.1) is 0 Å². The summed E-state index contributed by atoms with van der Waals surface area (Å²) in [7, 11) is 0. The van der Waals surface area contributed by atoms with Crippen molar-refractivity contribution in [1.82, 2.24) is 10.2 Å². The van der Waals surface area contributed by atoms with Gasteiger partial charge in [0.25, 0.3) is 0 Å². The molecular formula is C34H41F4N3O7. The van der Waals surface area contributed by atoms with Crippen LogP contribution in [0.15, 0.2) is 42.5 Å². The number of ether oxygens (including phenoxy) is 2. The molecule has 0 aliphatic carbocycles. The van der Waals surface area contributed by atoms with Gasteiger partial charge in [-0.25, -0.2) is 8.78 Å². The zero-order chi connectivity index (χ0) is 35.8. The number of esters is 1. The smallest absolute Gasteiger partial charge is 0.313 e. The number of hydrogen-bond donors (Lipinski definition) is 3. The highest BCUT2D eigenvalue weighted by Crippen LogP contribution is 2.30. The van der Waals surface area contributed by atoms with Crippen LogP contribution >= 0.6 is 0 Å². The molecule has 2 unspecified atom stereocenters. The van der Waals surface area contributed by atoms with E-state index < -0.39 is 83.8 Å². The van der Waals surface area contributed by atoms with Crippen molar-refractivity contribution in [2.45, 2.75) is 65.0 Å². The minimum Gasteiger partial charge on any atom is -0.485 e. The van der Waals surface area contributed by atoms with Gasteiger partial charge in [-0.2, -0.15) is 8.78 Å². The first-order valence-electron chi connectivity index (χ1n) is 15.4. The number of rotatable bonds is 11. The number of aliphatic hydroxyl groups is 1. The Morgan fingerprint density at radius 2 is 1.65 bits per heavy atom. The van der Waals surface area contributed by atoms with E-state index in [9.17, 15) is 41.8 Å². The fourth-order valence-corrected chi connectivity index (χ4v) is 4.84. The van der Waals surface area contributed by atoms with E-state index in [1.54, 1.807) is 38.1 Å². The minimum absolute atomic E-state index is 0.00857. The van der Waals surface area contributed by atoms with Crippen molar-refractivity contribution in [3.8, 4) is 5.75 Å². The molecule has 48 heavy (non-hydrogen) atoms. The molecule has 0 bridgehead atoms. The third-order valence-electron chi connectivity index (χ3n) is 7.42. The number of halogens is 4. The third-order valence-corrected chi connectivity index (χ3v) is 7.42. The lowest BCUT2D eigenvalue weighted by Gasteiger charge is -2.28. The Morgan fingerprint density at radius 3 is 2.27 bits per heavy atom. The molecule has 262 valence electrons. The highest BCUT2D eigenvalue weighted by Gasteiger charge is 2.33. The number of aliphatic hydroxyl groups excluding tert-OH is 1. The number of allylic oxidation sites excluding steroid dienone is 1. The van der Waals surface area contributed by atoms with Crippen molar-refractivity contribution in [2.24, 2.45) is 11.8 Å². The predicted molar refractivity (Wildman–Crippen MR) is 168 cm³/mol. The van der Waals surface area contributed by atoms with Crippen LogP contribution in [0.4, 0.5) is 23.2 Å². The summed E-state index contributed by atoms with van der Waals surface area (Å²) in [6, 6.07) is 5.61. The summed E-state index contributed by atoms with van der Waals surface area (Å²) in [5.74, 6) is -12.9. The standard InChI is InChI=1S/C34H41F4N3O7/c1-19(2)17-47-27(43)15-25(26(42)18-48-30-28(37)22(35)14-23(36)29(30)38)40-31(44)20-10-8-9-13-41(16-20)33(46)32(45)39-24-12-7-6-11-21(24)34(3,4)5/h6-9,11-12,14,19-20,25-26,42H,10,13,15-18H2,1-5H3,(H,39,45)(H,40,44)/t20?,25-,26?/m0/s1. The number of anilines is 1. The largest absolute Gasteiger partial charge is 0.485 e. The molecule has 1 heterocycles. The fourth-order valence-electron chi connectivity index (χ4n) is 4.84. The second-order valence-corrected chi connectivity index (χ2v) is 12.9. The second-order valence-electron chi connectivity index (χ2n) is 12.9. The molecule has 0 fully saturated rings. The monoisotopic (exact) mass is 679 g/mol. The van der Waals surface area contributed by atoms with E-state index in [1.807, 2.05) is 32.9 Å². The number of para-hydroxylation sites is 1. The van der Waals surface area contributed by atoms with Crippen LogP contribution < -0.4 is 15.4 Å². The SMILES string of the molecule is CC(C)COC(=O)C[C@H](NC(=O)C1CC=CCN(C(=O)C(=O)Nc2ccccc2C(C)(C)C)C1)C(O)COc1c(F)c(F)cc(F)c1F. The zero-order valence-corrected chi connectivity index (χ0v) is 27.4. The Bertz CT molecular complexity index is 1500. The van der Waals surface area contributed by atoms with E-state index in [0.717, 1.165) is 5.56 Å². The van der Waals surface area contributed by atoms with Crippen LogP contribution in [0, 0.1) is 35.1 Å². The zero-order valence-electron chi connectivity index (χ0n) is 27.4. The Labute approximate surface area is 276 Å². The summed E-state index contributed by atoms with van der Waals surface area (Å²) in [6.07, 6.45) is 0.955. The lowest BCUT2D eigenvalue weighted by Crippen LogP contribution is -2.51. The van der Waals surface area contributed by atoms with Gasteiger partial charge in [-0.3, -0.25) is 19.2 Å². The molecule has 2 aromatic rings. The fraction of sp³-hybridized carbons (Fsp3) is 0.471. The second kappa shape index (κ2) is 16.6. The summed E-state index contributed by atoms with van der Waals surface area (Å²) >= 11 is 0. The first kappa shape index (κ1) is 38.0.